The van der Waals surface area contributed by atoms with Gasteiger partial charge in [0.15, 0.2) is 5.13 Å². The third-order valence-corrected chi connectivity index (χ3v) is 6.38. The van der Waals surface area contributed by atoms with Crippen LogP contribution in [0.15, 0.2) is 29.6 Å². The predicted octanol–water partition coefficient (Wildman–Crippen LogP) is 4.52. The molecule has 0 atom stereocenters. The van der Waals surface area contributed by atoms with Gasteiger partial charge in [0.05, 0.1) is 18.0 Å². The molecule has 0 aliphatic heterocycles. The molecule has 1 aromatic heterocycles. The van der Waals surface area contributed by atoms with E-state index in [4.69, 9.17) is 4.98 Å². The fourth-order valence-electron chi connectivity index (χ4n) is 4.08. The molecule has 6 heteroatoms. The summed E-state index contributed by atoms with van der Waals surface area (Å²) < 4.78 is 0. The van der Waals surface area contributed by atoms with Crippen LogP contribution in [-0.4, -0.2) is 40.1 Å². The molecule has 0 unspecified atom stereocenters. The van der Waals surface area contributed by atoms with Gasteiger partial charge in [-0.05, 0) is 30.9 Å². The van der Waals surface area contributed by atoms with Gasteiger partial charge >= 0.3 is 0 Å². The van der Waals surface area contributed by atoms with Gasteiger partial charge in [-0.25, -0.2) is 4.98 Å². The average molecular weight is 402 g/mol. The molecule has 152 valence electrons. The molecule has 1 N–H and O–H groups in total. The van der Waals surface area contributed by atoms with E-state index in [0.717, 1.165) is 35.0 Å². The number of aromatic nitrogens is 1. The van der Waals surface area contributed by atoms with Crippen LogP contribution in [-0.2, 0) is 17.8 Å². The lowest BCUT2D eigenvalue weighted by molar-refractivity contribution is -0.115. The van der Waals surface area contributed by atoms with Crippen molar-refractivity contribution in [1.29, 1.82) is 0 Å². The van der Waals surface area contributed by atoms with Crippen LogP contribution < -0.4 is 4.90 Å². The summed E-state index contributed by atoms with van der Waals surface area (Å²) in [6.45, 7) is 5.25. The van der Waals surface area contributed by atoms with Crippen molar-refractivity contribution in [2.24, 2.45) is 0 Å². The van der Waals surface area contributed by atoms with E-state index in [1.807, 2.05) is 23.6 Å². The van der Waals surface area contributed by atoms with Crippen LogP contribution in [0.25, 0.3) is 0 Å². The average Bonchev–Trinajstić information content (AvgIpc) is 3.16. The zero-order valence-corrected chi connectivity index (χ0v) is 17.7. The topological polar surface area (TPSA) is 56.7 Å². The van der Waals surface area contributed by atoms with Gasteiger partial charge in [-0.15, -0.1) is 11.3 Å². The van der Waals surface area contributed by atoms with Crippen LogP contribution in [0.5, 0.6) is 0 Å². The van der Waals surface area contributed by atoms with Crippen LogP contribution in [0.2, 0.25) is 0 Å². The lowest BCUT2D eigenvalue weighted by Crippen LogP contribution is -2.38. The Labute approximate surface area is 172 Å². The number of carbonyl (C=O) groups is 1. The van der Waals surface area contributed by atoms with Gasteiger partial charge in [-0.3, -0.25) is 14.6 Å². The van der Waals surface area contributed by atoms with Crippen molar-refractivity contribution in [3.8, 4) is 0 Å². The Hall–Kier alpha value is -1.76. The number of anilines is 2. The van der Waals surface area contributed by atoms with E-state index in [9.17, 15) is 9.90 Å². The largest absolute Gasteiger partial charge is 0.395 e. The SMILES string of the molecule is CCc1ccccc1N(C(C)=O)c1nc(CN(CCO)C2CCCCC2)cs1. The number of aliphatic hydroxyl groups is 1. The predicted molar refractivity (Wildman–Crippen MR) is 115 cm³/mol. The first-order chi connectivity index (χ1) is 13.6. The van der Waals surface area contributed by atoms with Gasteiger partial charge in [0.25, 0.3) is 0 Å². The Kier molecular flexibility index (Phi) is 7.59. The minimum absolute atomic E-state index is 0.0266. The second-order valence-electron chi connectivity index (χ2n) is 7.44. The van der Waals surface area contributed by atoms with Crippen molar-refractivity contribution in [2.75, 3.05) is 18.1 Å². The van der Waals surface area contributed by atoms with Gasteiger partial charge in [-0.2, -0.15) is 0 Å². The van der Waals surface area contributed by atoms with Crippen LogP contribution >= 0.6 is 11.3 Å². The van der Waals surface area contributed by atoms with E-state index in [1.54, 1.807) is 11.8 Å². The molecule has 0 spiro atoms. The minimum Gasteiger partial charge on any atom is -0.395 e. The van der Waals surface area contributed by atoms with Crippen molar-refractivity contribution in [1.82, 2.24) is 9.88 Å². The van der Waals surface area contributed by atoms with Crippen LogP contribution in [0.1, 0.15) is 57.2 Å². The highest BCUT2D eigenvalue weighted by Gasteiger charge is 2.24. The number of aliphatic hydroxyl groups excluding tert-OH is 1. The molecule has 1 aliphatic carbocycles. The Balaban J connectivity index is 1.81. The highest BCUT2D eigenvalue weighted by Crippen LogP contribution is 2.32. The zero-order chi connectivity index (χ0) is 19.9. The molecule has 1 amide bonds. The molecule has 2 aromatic rings. The van der Waals surface area contributed by atoms with Crippen molar-refractivity contribution in [3.05, 3.63) is 40.9 Å². The first-order valence-electron chi connectivity index (χ1n) is 10.3. The lowest BCUT2D eigenvalue weighted by Gasteiger charge is -2.33. The van der Waals surface area contributed by atoms with E-state index < -0.39 is 0 Å². The third-order valence-electron chi connectivity index (χ3n) is 5.50. The summed E-state index contributed by atoms with van der Waals surface area (Å²) in [5.41, 5.74) is 3.02. The second-order valence-corrected chi connectivity index (χ2v) is 8.28. The van der Waals surface area contributed by atoms with Crippen LogP contribution in [0, 0.1) is 0 Å². The van der Waals surface area contributed by atoms with Crippen molar-refractivity contribution in [3.63, 3.8) is 0 Å². The van der Waals surface area contributed by atoms with Gasteiger partial charge < -0.3 is 5.11 Å². The summed E-state index contributed by atoms with van der Waals surface area (Å²) in [7, 11) is 0. The van der Waals surface area contributed by atoms with Crippen molar-refractivity contribution >= 4 is 28.1 Å². The standard InChI is InChI=1S/C22H31N3O2S/c1-3-18-9-7-8-12-21(18)25(17(2)27)22-23-19(16-28-22)15-24(13-14-26)20-10-5-4-6-11-20/h7-9,12,16,20,26H,3-6,10-11,13-15H2,1-2H3. The second kappa shape index (κ2) is 10.1. The van der Waals surface area contributed by atoms with E-state index in [1.165, 1.54) is 43.4 Å². The molecule has 3 rings (SSSR count). The molecule has 0 bridgehead atoms. The van der Waals surface area contributed by atoms with E-state index in [2.05, 4.69) is 17.9 Å². The number of hydrogen-bond acceptors (Lipinski definition) is 5. The Morgan fingerprint density at radius 3 is 2.68 bits per heavy atom. The highest BCUT2D eigenvalue weighted by atomic mass is 32.1. The van der Waals surface area contributed by atoms with Crippen molar-refractivity contribution in [2.45, 2.75) is 65.0 Å². The number of aryl methyl sites for hydroxylation is 1. The number of thiazole rings is 1. The summed E-state index contributed by atoms with van der Waals surface area (Å²) in [6, 6.07) is 8.54. The maximum absolute atomic E-state index is 12.4. The number of nitrogens with zero attached hydrogens (tertiary/aromatic N) is 3. The zero-order valence-electron chi connectivity index (χ0n) is 16.9. The van der Waals surface area contributed by atoms with Crippen LogP contribution in [0.3, 0.4) is 0 Å². The van der Waals surface area contributed by atoms with Gasteiger partial charge in [0, 0.05) is 31.4 Å². The highest BCUT2D eigenvalue weighted by molar-refractivity contribution is 7.14. The molecule has 1 saturated carbocycles. The molecule has 1 aromatic carbocycles. The van der Waals surface area contributed by atoms with E-state index in [-0.39, 0.29) is 12.5 Å². The van der Waals surface area contributed by atoms with Crippen LogP contribution in [0.4, 0.5) is 10.8 Å². The van der Waals surface area contributed by atoms with Crippen molar-refractivity contribution < 1.29 is 9.90 Å². The molecule has 1 heterocycles. The van der Waals surface area contributed by atoms with E-state index in [0.29, 0.717) is 12.6 Å². The van der Waals surface area contributed by atoms with E-state index >= 15 is 0 Å². The monoisotopic (exact) mass is 401 g/mol. The summed E-state index contributed by atoms with van der Waals surface area (Å²) in [5, 5.41) is 12.3. The number of rotatable bonds is 8. The third kappa shape index (κ3) is 4.99. The number of carbonyl (C=O) groups excluding carboxylic acids is 1. The van der Waals surface area contributed by atoms with Gasteiger partial charge in [0.1, 0.15) is 0 Å². The Bertz CT molecular complexity index is 771. The fraction of sp³-hybridized carbons (Fsp3) is 0.545. The summed E-state index contributed by atoms with van der Waals surface area (Å²) >= 11 is 1.51. The molecule has 0 saturated heterocycles. The molecule has 28 heavy (non-hydrogen) atoms. The first-order valence-corrected chi connectivity index (χ1v) is 11.2. The summed E-state index contributed by atoms with van der Waals surface area (Å²) in [4.78, 5) is 21.3. The normalized spacial score (nSPS) is 15.1. The number of benzene rings is 1. The first kappa shape index (κ1) is 21.0. The Morgan fingerprint density at radius 2 is 2.00 bits per heavy atom. The van der Waals surface area contributed by atoms with Gasteiger partial charge in [-0.1, -0.05) is 44.4 Å². The smallest absolute Gasteiger partial charge is 0.230 e. The molecule has 1 aliphatic rings. The minimum atomic E-state index is -0.0266. The summed E-state index contributed by atoms with van der Waals surface area (Å²) in [6.07, 6.45) is 7.10. The fourth-order valence-corrected chi connectivity index (χ4v) is 4.95. The maximum Gasteiger partial charge on any atom is 0.230 e. The summed E-state index contributed by atoms with van der Waals surface area (Å²) in [5.74, 6) is -0.0266. The lowest BCUT2D eigenvalue weighted by atomic mass is 9.94. The maximum atomic E-state index is 12.4. The molecule has 0 radical (unpaired) electrons. The Morgan fingerprint density at radius 1 is 1.25 bits per heavy atom. The quantitative estimate of drug-likeness (QED) is 0.707. The number of para-hydroxylation sites is 1. The molecular weight excluding hydrogens is 370 g/mol. The van der Waals surface area contributed by atoms with Gasteiger partial charge in [0.2, 0.25) is 5.91 Å². The molecular formula is C22H31N3O2S. The number of amides is 1. The molecule has 1 fully saturated rings. The number of hydrogen-bond donors (Lipinski definition) is 1. The molecule has 5 nitrogen and oxygen atoms in total.